The summed E-state index contributed by atoms with van der Waals surface area (Å²) in [5.41, 5.74) is 0.953. The number of nitrogens with zero attached hydrogens (tertiary/aromatic N) is 3. The lowest BCUT2D eigenvalue weighted by Gasteiger charge is -2.35. The number of benzene rings is 1. The molecule has 4 heterocycles. The standard InChI is InChI=1S/C21H23N3O3S/c25-21(24-11-9-23(10-12-24)14-15-4-3-13-26-15)18-8-7-17(27-18)20-22-16-5-1-2-6-19(16)28-20/h1-2,5-8,15H,3-4,9-14H2. The third-order valence-electron chi connectivity index (χ3n) is 5.47. The van der Waals surface area contributed by atoms with Crippen LogP contribution in [0.25, 0.3) is 21.0 Å². The third kappa shape index (κ3) is 3.57. The number of fused-ring (bicyclic) bond motifs is 1. The fourth-order valence-electron chi connectivity index (χ4n) is 3.91. The fourth-order valence-corrected chi connectivity index (χ4v) is 4.84. The van der Waals surface area contributed by atoms with Crippen LogP contribution in [0.1, 0.15) is 23.4 Å². The van der Waals surface area contributed by atoms with Crippen molar-refractivity contribution < 1.29 is 13.9 Å². The van der Waals surface area contributed by atoms with Crippen molar-refractivity contribution in [3.8, 4) is 10.8 Å². The molecule has 0 N–H and O–H groups in total. The Kier molecular flexibility index (Phi) is 4.88. The van der Waals surface area contributed by atoms with Crippen molar-refractivity contribution in [2.24, 2.45) is 0 Å². The first-order valence-electron chi connectivity index (χ1n) is 9.85. The van der Waals surface area contributed by atoms with Crippen LogP contribution in [-0.2, 0) is 4.74 Å². The first-order valence-corrected chi connectivity index (χ1v) is 10.7. The summed E-state index contributed by atoms with van der Waals surface area (Å²) in [5, 5.41) is 0.807. The molecular weight excluding hydrogens is 374 g/mol. The van der Waals surface area contributed by atoms with E-state index in [0.717, 1.165) is 61.0 Å². The number of rotatable bonds is 4. The molecule has 7 heteroatoms. The quantitative estimate of drug-likeness (QED) is 0.674. The molecule has 0 radical (unpaired) electrons. The highest BCUT2D eigenvalue weighted by molar-refractivity contribution is 7.21. The van der Waals surface area contributed by atoms with E-state index in [0.29, 0.717) is 17.6 Å². The maximum atomic E-state index is 12.8. The molecule has 2 aliphatic heterocycles. The van der Waals surface area contributed by atoms with Gasteiger partial charge in [0.05, 0.1) is 16.3 Å². The van der Waals surface area contributed by atoms with Gasteiger partial charge in [-0.25, -0.2) is 4.98 Å². The Hall–Kier alpha value is -2.22. The smallest absolute Gasteiger partial charge is 0.289 e. The first kappa shape index (κ1) is 17.8. The number of ether oxygens (including phenoxy) is 1. The highest BCUT2D eigenvalue weighted by Gasteiger charge is 2.27. The summed E-state index contributed by atoms with van der Waals surface area (Å²) in [6, 6.07) is 11.6. The molecule has 2 saturated heterocycles. The molecule has 28 heavy (non-hydrogen) atoms. The Balaban J connectivity index is 1.23. The van der Waals surface area contributed by atoms with E-state index in [2.05, 4.69) is 9.88 Å². The van der Waals surface area contributed by atoms with Crippen LogP contribution in [0.4, 0.5) is 0 Å². The van der Waals surface area contributed by atoms with Gasteiger partial charge in [0.2, 0.25) is 0 Å². The van der Waals surface area contributed by atoms with Crippen molar-refractivity contribution in [2.75, 3.05) is 39.3 Å². The monoisotopic (exact) mass is 397 g/mol. The number of amides is 1. The van der Waals surface area contributed by atoms with Gasteiger partial charge in [-0.1, -0.05) is 12.1 Å². The van der Waals surface area contributed by atoms with Crippen molar-refractivity contribution in [2.45, 2.75) is 18.9 Å². The number of hydrogen-bond acceptors (Lipinski definition) is 6. The van der Waals surface area contributed by atoms with Crippen LogP contribution in [0.5, 0.6) is 0 Å². The molecule has 2 fully saturated rings. The molecule has 1 unspecified atom stereocenters. The summed E-state index contributed by atoms with van der Waals surface area (Å²) in [6.45, 7) is 5.09. The number of piperazine rings is 1. The van der Waals surface area contributed by atoms with Crippen molar-refractivity contribution in [1.82, 2.24) is 14.8 Å². The second-order valence-electron chi connectivity index (χ2n) is 7.38. The molecule has 3 aromatic rings. The summed E-state index contributed by atoms with van der Waals surface area (Å²) in [7, 11) is 0. The Morgan fingerprint density at radius 3 is 2.79 bits per heavy atom. The van der Waals surface area contributed by atoms with E-state index in [1.807, 2.05) is 35.2 Å². The maximum absolute atomic E-state index is 12.8. The predicted octanol–water partition coefficient (Wildman–Crippen LogP) is 3.49. The summed E-state index contributed by atoms with van der Waals surface area (Å²) < 4.78 is 12.7. The zero-order chi connectivity index (χ0) is 18.9. The summed E-state index contributed by atoms with van der Waals surface area (Å²) >= 11 is 1.58. The number of aromatic nitrogens is 1. The number of para-hydroxylation sites is 1. The third-order valence-corrected chi connectivity index (χ3v) is 6.52. The van der Waals surface area contributed by atoms with Gasteiger partial charge in [-0.3, -0.25) is 9.69 Å². The number of furan rings is 1. The summed E-state index contributed by atoms with van der Waals surface area (Å²) in [4.78, 5) is 21.7. The van der Waals surface area contributed by atoms with Gasteiger partial charge in [0.25, 0.3) is 5.91 Å². The molecule has 146 valence electrons. The van der Waals surface area contributed by atoms with Crippen LogP contribution in [-0.4, -0.2) is 66.1 Å². The molecule has 0 aliphatic carbocycles. The van der Waals surface area contributed by atoms with E-state index in [4.69, 9.17) is 9.15 Å². The number of carbonyl (C=O) groups excluding carboxylic acids is 1. The molecule has 5 rings (SSSR count). The molecule has 0 saturated carbocycles. The topological polar surface area (TPSA) is 58.8 Å². The minimum atomic E-state index is -0.0378. The zero-order valence-electron chi connectivity index (χ0n) is 15.7. The Morgan fingerprint density at radius 1 is 1.14 bits per heavy atom. The highest BCUT2D eigenvalue weighted by atomic mass is 32.1. The Morgan fingerprint density at radius 2 is 2.00 bits per heavy atom. The lowest BCUT2D eigenvalue weighted by molar-refractivity contribution is 0.0417. The SMILES string of the molecule is O=C(c1ccc(-c2nc3ccccc3s2)o1)N1CCN(CC2CCCO2)CC1. The summed E-state index contributed by atoms with van der Waals surface area (Å²) in [5.74, 6) is 1.01. The van der Waals surface area contributed by atoms with E-state index in [1.165, 1.54) is 6.42 Å². The highest BCUT2D eigenvalue weighted by Crippen LogP contribution is 2.31. The predicted molar refractivity (Wildman–Crippen MR) is 109 cm³/mol. The number of hydrogen-bond donors (Lipinski definition) is 0. The first-order chi connectivity index (χ1) is 13.8. The maximum Gasteiger partial charge on any atom is 0.289 e. The Bertz CT molecular complexity index is 935. The van der Waals surface area contributed by atoms with Gasteiger partial charge < -0.3 is 14.1 Å². The van der Waals surface area contributed by atoms with E-state index >= 15 is 0 Å². The van der Waals surface area contributed by atoms with Crippen LogP contribution in [0.3, 0.4) is 0 Å². The molecule has 0 spiro atoms. The van der Waals surface area contributed by atoms with Gasteiger partial charge in [-0.05, 0) is 37.1 Å². The van der Waals surface area contributed by atoms with Crippen LogP contribution < -0.4 is 0 Å². The zero-order valence-corrected chi connectivity index (χ0v) is 16.5. The lowest BCUT2D eigenvalue weighted by Crippen LogP contribution is -2.50. The normalized spacial score (nSPS) is 20.9. The average molecular weight is 398 g/mol. The average Bonchev–Trinajstić information content (AvgIpc) is 3.47. The van der Waals surface area contributed by atoms with E-state index in [1.54, 1.807) is 17.4 Å². The lowest BCUT2D eigenvalue weighted by atomic mass is 10.2. The minimum Gasteiger partial charge on any atom is -0.448 e. The minimum absolute atomic E-state index is 0.0378. The molecule has 6 nitrogen and oxygen atoms in total. The molecular formula is C21H23N3O3S. The van der Waals surface area contributed by atoms with E-state index in [9.17, 15) is 4.79 Å². The van der Waals surface area contributed by atoms with Gasteiger partial charge in [-0.15, -0.1) is 11.3 Å². The van der Waals surface area contributed by atoms with Gasteiger partial charge in [0, 0.05) is 39.3 Å². The van der Waals surface area contributed by atoms with Crippen molar-refractivity contribution in [3.05, 3.63) is 42.2 Å². The van der Waals surface area contributed by atoms with Crippen LogP contribution >= 0.6 is 11.3 Å². The largest absolute Gasteiger partial charge is 0.448 e. The van der Waals surface area contributed by atoms with E-state index < -0.39 is 0 Å². The van der Waals surface area contributed by atoms with Gasteiger partial charge in [0.1, 0.15) is 0 Å². The van der Waals surface area contributed by atoms with Gasteiger partial charge in [0.15, 0.2) is 16.5 Å². The van der Waals surface area contributed by atoms with Gasteiger partial charge >= 0.3 is 0 Å². The fraction of sp³-hybridized carbons (Fsp3) is 0.429. The molecule has 2 aromatic heterocycles. The van der Waals surface area contributed by atoms with Crippen LogP contribution in [0, 0.1) is 0 Å². The van der Waals surface area contributed by atoms with Crippen molar-refractivity contribution in [1.29, 1.82) is 0 Å². The number of carbonyl (C=O) groups is 1. The van der Waals surface area contributed by atoms with Crippen LogP contribution in [0.2, 0.25) is 0 Å². The second-order valence-corrected chi connectivity index (χ2v) is 8.41. The van der Waals surface area contributed by atoms with Gasteiger partial charge in [-0.2, -0.15) is 0 Å². The van der Waals surface area contributed by atoms with Crippen LogP contribution in [0.15, 0.2) is 40.8 Å². The molecule has 0 bridgehead atoms. The van der Waals surface area contributed by atoms with Crippen molar-refractivity contribution >= 4 is 27.5 Å². The summed E-state index contributed by atoms with van der Waals surface area (Å²) in [6.07, 6.45) is 2.68. The molecule has 1 atom stereocenters. The molecule has 2 aliphatic rings. The second kappa shape index (κ2) is 7.66. The van der Waals surface area contributed by atoms with Crippen molar-refractivity contribution in [3.63, 3.8) is 0 Å². The molecule has 1 aromatic carbocycles. The Labute approximate surface area is 167 Å². The number of thiazole rings is 1. The molecule has 1 amide bonds. The van der Waals surface area contributed by atoms with E-state index in [-0.39, 0.29) is 5.91 Å².